The van der Waals surface area contributed by atoms with Gasteiger partial charge in [-0.1, -0.05) is 0 Å². The van der Waals surface area contributed by atoms with Crippen LogP contribution in [0, 0.1) is 0 Å². The molecule has 73 valence electrons. The van der Waals surface area contributed by atoms with E-state index in [0.717, 1.165) is 0 Å². The van der Waals surface area contributed by atoms with Crippen molar-refractivity contribution in [3.05, 3.63) is 35.4 Å². The van der Waals surface area contributed by atoms with E-state index in [2.05, 4.69) is 0 Å². The molecule has 0 fully saturated rings. The number of carboxylic acid groups (broad SMARTS) is 2. The first-order chi connectivity index (χ1) is 5.61. The summed E-state index contributed by atoms with van der Waals surface area (Å²) in [5, 5.41) is 16.9. The van der Waals surface area contributed by atoms with Crippen LogP contribution in [0.15, 0.2) is 24.3 Å². The molecule has 1 radical (unpaired) electrons. The average Bonchev–Trinajstić information content (AvgIpc) is 2.04. The molecule has 1 aromatic carbocycles. The Balaban J connectivity index is 0.00000144. The average molecular weight is 274 g/mol. The number of hydrogen-bond donors (Lipinski definition) is 2. The van der Waals surface area contributed by atoms with Gasteiger partial charge in [-0.2, -0.15) is 0 Å². The van der Waals surface area contributed by atoms with E-state index in [1.807, 2.05) is 0 Å². The quantitative estimate of drug-likeness (QED) is 0.791. The molecule has 0 aromatic heterocycles. The zero-order valence-electron chi connectivity index (χ0n) is 6.32. The van der Waals surface area contributed by atoms with E-state index in [0.29, 0.717) is 0 Å². The van der Waals surface area contributed by atoms with Crippen molar-refractivity contribution in [2.45, 2.75) is 0 Å². The SMILES string of the molecule is O=C(O)c1ccc(C(=O)O)cc1.[Ag]. The van der Waals surface area contributed by atoms with E-state index in [-0.39, 0.29) is 33.5 Å². The van der Waals surface area contributed by atoms with E-state index < -0.39 is 11.9 Å². The number of aromatic carboxylic acids is 2. The van der Waals surface area contributed by atoms with Crippen LogP contribution in [0.2, 0.25) is 0 Å². The zero-order valence-corrected chi connectivity index (χ0v) is 7.80. The maximum Gasteiger partial charge on any atom is 0.335 e. The summed E-state index contributed by atoms with van der Waals surface area (Å²) in [5.41, 5.74) is 0.167. The predicted octanol–water partition coefficient (Wildman–Crippen LogP) is 1.08. The standard InChI is InChI=1S/C8H6O4.Ag/c9-7(10)5-1-2-6(4-3-5)8(11)12;/h1-4H,(H,9,10)(H,11,12);. The van der Waals surface area contributed by atoms with Crippen molar-refractivity contribution in [3.8, 4) is 0 Å². The van der Waals surface area contributed by atoms with Crippen LogP contribution >= 0.6 is 0 Å². The number of hydrogen-bond acceptors (Lipinski definition) is 2. The summed E-state index contributed by atoms with van der Waals surface area (Å²) in [7, 11) is 0. The second-order valence-electron chi connectivity index (χ2n) is 2.19. The second-order valence-corrected chi connectivity index (χ2v) is 2.19. The van der Waals surface area contributed by atoms with Crippen LogP contribution in [0.3, 0.4) is 0 Å². The minimum atomic E-state index is -1.06. The molecule has 0 unspecified atom stereocenters. The van der Waals surface area contributed by atoms with Gasteiger partial charge in [-0.25, -0.2) is 9.59 Å². The molecular weight excluding hydrogens is 268 g/mol. The molecule has 0 atom stereocenters. The molecule has 0 saturated carbocycles. The Kier molecular flexibility index (Phi) is 4.41. The Bertz CT molecular complexity index is 284. The van der Waals surface area contributed by atoms with Gasteiger partial charge in [0, 0.05) is 22.4 Å². The monoisotopic (exact) mass is 273 g/mol. The van der Waals surface area contributed by atoms with Crippen LogP contribution in [0.5, 0.6) is 0 Å². The van der Waals surface area contributed by atoms with Crippen molar-refractivity contribution in [2.75, 3.05) is 0 Å². The molecule has 0 aliphatic heterocycles. The molecule has 5 heteroatoms. The fourth-order valence-electron chi connectivity index (χ4n) is 0.755. The van der Waals surface area contributed by atoms with Gasteiger partial charge in [0.15, 0.2) is 0 Å². The number of benzene rings is 1. The van der Waals surface area contributed by atoms with Crippen LogP contribution < -0.4 is 0 Å². The maximum absolute atomic E-state index is 10.3. The van der Waals surface area contributed by atoms with Gasteiger partial charge in [0.2, 0.25) is 0 Å². The zero-order chi connectivity index (χ0) is 9.14. The van der Waals surface area contributed by atoms with E-state index in [1.54, 1.807) is 0 Å². The van der Waals surface area contributed by atoms with E-state index in [4.69, 9.17) is 10.2 Å². The third-order valence-corrected chi connectivity index (χ3v) is 1.38. The number of rotatable bonds is 2. The van der Waals surface area contributed by atoms with Gasteiger partial charge < -0.3 is 10.2 Å². The van der Waals surface area contributed by atoms with Gasteiger partial charge in [0.1, 0.15) is 0 Å². The van der Waals surface area contributed by atoms with E-state index >= 15 is 0 Å². The Labute approximate surface area is 89.7 Å². The molecule has 0 saturated heterocycles. The van der Waals surface area contributed by atoms with Crippen molar-refractivity contribution in [2.24, 2.45) is 0 Å². The van der Waals surface area contributed by atoms with Crippen LogP contribution in [0.4, 0.5) is 0 Å². The van der Waals surface area contributed by atoms with Crippen LogP contribution in [-0.2, 0) is 22.4 Å². The summed E-state index contributed by atoms with van der Waals surface area (Å²) >= 11 is 0. The molecular formula is C8H6AgO4. The third-order valence-electron chi connectivity index (χ3n) is 1.38. The molecule has 0 amide bonds. The maximum atomic E-state index is 10.3. The summed E-state index contributed by atoms with van der Waals surface area (Å²) in [6.07, 6.45) is 0. The summed E-state index contributed by atoms with van der Waals surface area (Å²) in [5.74, 6) is -2.13. The number of carboxylic acids is 2. The first-order valence-electron chi connectivity index (χ1n) is 3.18. The van der Waals surface area contributed by atoms with Crippen LogP contribution in [0.25, 0.3) is 0 Å². The molecule has 0 aliphatic carbocycles. The second kappa shape index (κ2) is 4.81. The molecule has 4 nitrogen and oxygen atoms in total. The molecule has 1 rings (SSSR count). The third kappa shape index (κ3) is 3.02. The summed E-state index contributed by atoms with van der Waals surface area (Å²) < 4.78 is 0. The van der Waals surface area contributed by atoms with Crippen molar-refractivity contribution in [1.29, 1.82) is 0 Å². The summed E-state index contributed by atoms with van der Waals surface area (Å²) in [6, 6.07) is 5.02. The number of carbonyl (C=O) groups is 2. The van der Waals surface area contributed by atoms with Gasteiger partial charge in [-0.3, -0.25) is 0 Å². The van der Waals surface area contributed by atoms with Gasteiger partial charge in [0.25, 0.3) is 0 Å². The van der Waals surface area contributed by atoms with Gasteiger partial charge in [0.05, 0.1) is 11.1 Å². The molecule has 0 aliphatic rings. The summed E-state index contributed by atoms with van der Waals surface area (Å²) in [6.45, 7) is 0. The van der Waals surface area contributed by atoms with Crippen molar-refractivity contribution in [3.63, 3.8) is 0 Å². The molecule has 13 heavy (non-hydrogen) atoms. The molecule has 0 bridgehead atoms. The van der Waals surface area contributed by atoms with Gasteiger partial charge in [-0.15, -0.1) is 0 Å². The predicted molar refractivity (Wildman–Crippen MR) is 40.4 cm³/mol. The Morgan fingerprint density at radius 2 is 1.08 bits per heavy atom. The topological polar surface area (TPSA) is 74.6 Å². The minimum absolute atomic E-state index is 0. The molecule has 0 heterocycles. The molecule has 1 aromatic rings. The van der Waals surface area contributed by atoms with Gasteiger partial charge in [-0.05, 0) is 24.3 Å². The Hall–Kier alpha value is -1.10. The first kappa shape index (κ1) is 11.9. The fourth-order valence-corrected chi connectivity index (χ4v) is 0.755. The Morgan fingerprint density at radius 1 is 0.846 bits per heavy atom. The van der Waals surface area contributed by atoms with Crippen molar-refractivity contribution >= 4 is 11.9 Å². The normalized spacial score (nSPS) is 8.62. The van der Waals surface area contributed by atoms with Crippen molar-refractivity contribution < 1.29 is 42.2 Å². The van der Waals surface area contributed by atoms with Gasteiger partial charge >= 0.3 is 11.9 Å². The van der Waals surface area contributed by atoms with E-state index in [9.17, 15) is 9.59 Å². The van der Waals surface area contributed by atoms with E-state index in [1.165, 1.54) is 24.3 Å². The summed E-state index contributed by atoms with van der Waals surface area (Å²) in [4.78, 5) is 20.7. The van der Waals surface area contributed by atoms with Crippen LogP contribution in [0.1, 0.15) is 20.7 Å². The largest absolute Gasteiger partial charge is 0.478 e. The minimum Gasteiger partial charge on any atom is -0.478 e. The molecule has 2 N–H and O–H groups in total. The Morgan fingerprint density at radius 3 is 1.23 bits per heavy atom. The van der Waals surface area contributed by atoms with Crippen molar-refractivity contribution in [1.82, 2.24) is 0 Å². The molecule has 0 spiro atoms. The smallest absolute Gasteiger partial charge is 0.335 e. The van der Waals surface area contributed by atoms with Crippen LogP contribution in [-0.4, -0.2) is 22.2 Å². The fraction of sp³-hybridized carbons (Fsp3) is 0. The first-order valence-corrected chi connectivity index (χ1v) is 3.18.